The molecule has 0 aliphatic rings. The molecule has 0 aliphatic carbocycles. The van der Waals surface area contributed by atoms with Gasteiger partial charge in [-0.1, -0.05) is 35.0 Å². The Labute approximate surface area is 125 Å². The molecular weight excluding hydrogens is 304 g/mol. The molecule has 0 saturated carbocycles. The maximum Gasteiger partial charge on any atom is 0.0584 e. The summed E-state index contributed by atoms with van der Waals surface area (Å²) in [4.78, 5) is 2.20. The molecule has 0 aliphatic heterocycles. The van der Waals surface area contributed by atoms with E-state index in [1.807, 2.05) is 13.0 Å². The molecule has 0 amide bonds. The topological polar surface area (TPSA) is 35.5 Å². The molecule has 0 spiro atoms. The average Bonchev–Trinajstić information content (AvgIpc) is 2.42. The minimum atomic E-state index is 0.208. The van der Waals surface area contributed by atoms with E-state index in [2.05, 4.69) is 58.3 Å². The summed E-state index contributed by atoms with van der Waals surface area (Å²) in [5.74, 6) is 0. The van der Waals surface area contributed by atoms with Crippen LogP contribution in [0, 0.1) is 0 Å². The molecule has 3 nitrogen and oxygen atoms in total. The Morgan fingerprint density at radius 1 is 1.42 bits per heavy atom. The van der Waals surface area contributed by atoms with Crippen LogP contribution in [0.1, 0.15) is 31.9 Å². The van der Waals surface area contributed by atoms with Gasteiger partial charge in [-0.25, -0.2) is 0 Å². The summed E-state index contributed by atoms with van der Waals surface area (Å²) in [6.45, 7) is 6.30. The van der Waals surface area contributed by atoms with Gasteiger partial charge >= 0.3 is 0 Å². The zero-order valence-electron chi connectivity index (χ0n) is 12.1. The van der Waals surface area contributed by atoms with Crippen molar-refractivity contribution in [3.05, 3.63) is 34.3 Å². The van der Waals surface area contributed by atoms with Gasteiger partial charge in [0.15, 0.2) is 0 Å². The zero-order valence-corrected chi connectivity index (χ0v) is 13.7. The van der Waals surface area contributed by atoms with Crippen LogP contribution in [0.2, 0.25) is 0 Å². The Bertz CT molecular complexity index is 373. The molecule has 0 heterocycles. The lowest BCUT2D eigenvalue weighted by Crippen LogP contribution is -2.35. The lowest BCUT2D eigenvalue weighted by molar-refractivity contribution is 0.154. The number of nitrogens with one attached hydrogen (secondary N) is 1. The van der Waals surface area contributed by atoms with Gasteiger partial charge in [0.05, 0.1) is 6.61 Å². The number of halogens is 1. The molecule has 108 valence electrons. The molecule has 1 aromatic rings. The highest BCUT2D eigenvalue weighted by molar-refractivity contribution is 9.10. The van der Waals surface area contributed by atoms with Crippen molar-refractivity contribution in [1.82, 2.24) is 10.2 Å². The van der Waals surface area contributed by atoms with Crippen LogP contribution in [-0.4, -0.2) is 42.8 Å². The van der Waals surface area contributed by atoms with E-state index >= 15 is 0 Å². The number of aliphatic hydroxyl groups excluding tert-OH is 1. The number of aliphatic hydroxyl groups is 1. The van der Waals surface area contributed by atoms with Crippen LogP contribution in [0.5, 0.6) is 0 Å². The Morgan fingerprint density at radius 2 is 2.16 bits per heavy atom. The first-order valence-electron chi connectivity index (χ1n) is 6.88. The number of rotatable bonds is 8. The highest BCUT2D eigenvalue weighted by Gasteiger charge is 2.14. The van der Waals surface area contributed by atoms with Crippen LogP contribution in [0.3, 0.4) is 0 Å². The fraction of sp³-hybridized carbons (Fsp3) is 0.600. The van der Waals surface area contributed by atoms with Gasteiger partial charge in [-0.2, -0.15) is 0 Å². The molecule has 2 unspecified atom stereocenters. The van der Waals surface area contributed by atoms with Crippen LogP contribution in [0.4, 0.5) is 0 Å². The van der Waals surface area contributed by atoms with Crippen LogP contribution >= 0.6 is 15.9 Å². The van der Waals surface area contributed by atoms with Crippen LogP contribution in [-0.2, 0) is 0 Å². The van der Waals surface area contributed by atoms with Crippen LogP contribution in [0.25, 0.3) is 0 Å². The largest absolute Gasteiger partial charge is 0.395 e. The lowest BCUT2D eigenvalue weighted by Gasteiger charge is -2.26. The first-order valence-corrected chi connectivity index (χ1v) is 7.67. The molecule has 0 saturated heterocycles. The Kier molecular flexibility index (Phi) is 7.61. The van der Waals surface area contributed by atoms with E-state index in [0.29, 0.717) is 6.04 Å². The molecule has 0 radical (unpaired) electrons. The maximum atomic E-state index is 9.16. The molecule has 19 heavy (non-hydrogen) atoms. The SMILES string of the molecule is CCNC(CCN(C)C(C)CO)c1cccc(Br)c1. The standard InChI is InChI=1S/C15H25BrN2O/c1-4-17-15(8-9-18(3)12(2)11-19)13-6-5-7-14(16)10-13/h5-7,10,12,15,17,19H,4,8-9,11H2,1-3H3. The summed E-state index contributed by atoms with van der Waals surface area (Å²) in [7, 11) is 2.06. The van der Waals surface area contributed by atoms with Crippen LogP contribution < -0.4 is 5.32 Å². The smallest absolute Gasteiger partial charge is 0.0584 e. The highest BCUT2D eigenvalue weighted by Crippen LogP contribution is 2.21. The monoisotopic (exact) mass is 328 g/mol. The quantitative estimate of drug-likeness (QED) is 0.770. The maximum absolute atomic E-state index is 9.16. The molecular formula is C15H25BrN2O. The van der Waals surface area contributed by atoms with Crippen molar-refractivity contribution in [3.8, 4) is 0 Å². The minimum Gasteiger partial charge on any atom is -0.395 e. The predicted octanol–water partition coefficient (Wildman–Crippen LogP) is 2.80. The van der Waals surface area contributed by atoms with Gasteiger partial charge in [-0.3, -0.25) is 0 Å². The van der Waals surface area contributed by atoms with Crippen molar-refractivity contribution >= 4 is 15.9 Å². The molecule has 1 rings (SSSR count). The van der Waals surface area contributed by atoms with Crippen molar-refractivity contribution in [2.75, 3.05) is 26.7 Å². The summed E-state index contributed by atoms with van der Waals surface area (Å²) in [6.07, 6.45) is 1.03. The first kappa shape index (κ1) is 16.6. The number of nitrogens with zero attached hydrogens (tertiary/aromatic N) is 1. The van der Waals surface area contributed by atoms with Crippen molar-refractivity contribution in [2.45, 2.75) is 32.4 Å². The minimum absolute atomic E-state index is 0.208. The number of hydrogen-bond donors (Lipinski definition) is 2. The molecule has 1 aromatic carbocycles. The van der Waals surface area contributed by atoms with Crippen molar-refractivity contribution in [3.63, 3.8) is 0 Å². The molecule has 0 aromatic heterocycles. The zero-order chi connectivity index (χ0) is 14.3. The van der Waals surface area contributed by atoms with Gasteiger partial charge in [0.1, 0.15) is 0 Å². The third-order valence-corrected chi connectivity index (χ3v) is 3.98. The lowest BCUT2D eigenvalue weighted by atomic mass is 10.0. The second kappa shape index (κ2) is 8.69. The number of benzene rings is 1. The highest BCUT2D eigenvalue weighted by atomic mass is 79.9. The van der Waals surface area contributed by atoms with Crippen molar-refractivity contribution in [2.24, 2.45) is 0 Å². The van der Waals surface area contributed by atoms with Gasteiger partial charge in [0, 0.05) is 23.1 Å². The van der Waals surface area contributed by atoms with E-state index in [1.54, 1.807) is 0 Å². The van der Waals surface area contributed by atoms with E-state index in [-0.39, 0.29) is 12.6 Å². The van der Waals surface area contributed by atoms with Gasteiger partial charge in [0.25, 0.3) is 0 Å². The van der Waals surface area contributed by atoms with E-state index in [4.69, 9.17) is 5.11 Å². The Balaban J connectivity index is 2.63. The average molecular weight is 329 g/mol. The molecule has 4 heteroatoms. The fourth-order valence-corrected chi connectivity index (χ4v) is 2.47. The molecule has 2 atom stereocenters. The fourth-order valence-electron chi connectivity index (χ4n) is 2.05. The molecule has 0 fully saturated rings. The van der Waals surface area contributed by atoms with E-state index in [9.17, 15) is 0 Å². The number of hydrogen-bond acceptors (Lipinski definition) is 3. The summed E-state index contributed by atoms with van der Waals surface area (Å²) in [5.41, 5.74) is 1.31. The predicted molar refractivity (Wildman–Crippen MR) is 84.4 cm³/mol. The van der Waals surface area contributed by atoms with Gasteiger partial charge in [-0.15, -0.1) is 0 Å². The third kappa shape index (κ3) is 5.61. The molecule has 0 bridgehead atoms. The summed E-state index contributed by atoms with van der Waals surface area (Å²) < 4.78 is 1.12. The summed E-state index contributed by atoms with van der Waals surface area (Å²) in [5, 5.41) is 12.7. The second-order valence-corrected chi connectivity index (χ2v) is 5.88. The normalized spacial score (nSPS) is 14.6. The third-order valence-electron chi connectivity index (χ3n) is 3.49. The van der Waals surface area contributed by atoms with Gasteiger partial charge in [-0.05, 0) is 44.6 Å². The summed E-state index contributed by atoms with van der Waals surface area (Å²) >= 11 is 3.52. The van der Waals surface area contributed by atoms with Gasteiger partial charge < -0.3 is 15.3 Å². The first-order chi connectivity index (χ1) is 9.08. The van der Waals surface area contributed by atoms with Crippen molar-refractivity contribution < 1.29 is 5.11 Å². The van der Waals surface area contributed by atoms with E-state index < -0.39 is 0 Å². The Hall–Kier alpha value is -0.420. The van der Waals surface area contributed by atoms with Crippen molar-refractivity contribution in [1.29, 1.82) is 0 Å². The van der Waals surface area contributed by atoms with Gasteiger partial charge in [0.2, 0.25) is 0 Å². The molecule has 2 N–H and O–H groups in total. The Morgan fingerprint density at radius 3 is 2.74 bits per heavy atom. The second-order valence-electron chi connectivity index (χ2n) is 4.97. The van der Waals surface area contributed by atoms with E-state index in [0.717, 1.165) is 24.0 Å². The number of likely N-dealkylation sites (N-methyl/N-ethyl adjacent to an activating group) is 1. The van der Waals surface area contributed by atoms with Crippen LogP contribution in [0.15, 0.2) is 28.7 Å². The summed E-state index contributed by atoms with van der Waals surface area (Å²) in [6, 6.07) is 9.02. The van der Waals surface area contributed by atoms with E-state index in [1.165, 1.54) is 5.56 Å².